The summed E-state index contributed by atoms with van der Waals surface area (Å²) >= 11 is 2.21. The quantitative estimate of drug-likeness (QED) is 0.709. The van der Waals surface area contributed by atoms with E-state index in [0.29, 0.717) is 6.54 Å². The minimum atomic E-state index is -0.00522. The van der Waals surface area contributed by atoms with Gasteiger partial charge in [0.05, 0.1) is 5.56 Å². The van der Waals surface area contributed by atoms with Crippen molar-refractivity contribution in [3.63, 3.8) is 0 Å². The number of likely N-dealkylation sites (N-methyl/N-ethyl adjacent to an activating group) is 1. The highest BCUT2D eigenvalue weighted by Gasteiger charge is 2.10. The van der Waals surface area contributed by atoms with Crippen LogP contribution in [-0.2, 0) is 0 Å². The second kappa shape index (κ2) is 8.34. The Labute approximate surface area is 152 Å². The molecule has 0 aromatic heterocycles. The van der Waals surface area contributed by atoms with Gasteiger partial charge in [-0.15, -0.1) is 0 Å². The molecule has 0 atom stereocenters. The van der Waals surface area contributed by atoms with Gasteiger partial charge in [0, 0.05) is 28.9 Å². The fourth-order valence-electron chi connectivity index (χ4n) is 2.43. The summed E-state index contributed by atoms with van der Waals surface area (Å²) in [6.45, 7) is 8.60. The third-order valence-electron chi connectivity index (χ3n) is 3.82. The van der Waals surface area contributed by atoms with E-state index in [-0.39, 0.29) is 5.91 Å². The molecule has 0 aliphatic heterocycles. The zero-order valence-corrected chi connectivity index (χ0v) is 16.1. The van der Waals surface area contributed by atoms with Crippen LogP contribution in [0.2, 0.25) is 0 Å². The van der Waals surface area contributed by atoms with Crippen LogP contribution in [0, 0.1) is 17.4 Å². The van der Waals surface area contributed by atoms with E-state index in [1.54, 1.807) is 0 Å². The van der Waals surface area contributed by atoms with Gasteiger partial charge in [0.25, 0.3) is 5.91 Å². The largest absolute Gasteiger partial charge is 0.370 e. The summed E-state index contributed by atoms with van der Waals surface area (Å²) in [4.78, 5) is 14.6. The highest BCUT2D eigenvalue weighted by atomic mass is 127. The Morgan fingerprint density at radius 2 is 1.74 bits per heavy atom. The molecule has 0 aliphatic carbocycles. The van der Waals surface area contributed by atoms with Crippen LogP contribution in [0.15, 0.2) is 42.5 Å². The molecule has 0 aliphatic rings. The van der Waals surface area contributed by atoms with Crippen LogP contribution in [-0.4, -0.2) is 25.5 Å². The molecule has 1 amide bonds. The van der Waals surface area contributed by atoms with Crippen LogP contribution < -0.4 is 10.2 Å². The molecule has 0 fully saturated rings. The number of rotatable bonds is 6. The molecule has 0 radical (unpaired) electrons. The molecule has 122 valence electrons. The van der Waals surface area contributed by atoms with Crippen LogP contribution in [0.5, 0.6) is 0 Å². The number of nitrogens with zero attached hydrogens (tertiary/aromatic N) is 1. The number of benzene rings is 2. The van der Waals surface area contributed by atoms with E-state index in [0.717, 1.165) is 22.2 Å². The first-order valence-corrected chi connectivity index (χ1v) is 8.95. The first-order chi connectivity index (χ1) is 11.0. The lowest BCUT2D eigenvalue weighted by Gasteiger charge is -2.23. The van der Waals surface area contributed by atoms with Crippen molar-refractivity contribution in [2.45, 2.75) is 20.8 Å². The minimum absolute atomic E-state index is 0.00522. The maximum absolute atomic E-state index is 12.3. The van der Waals surface area contributed by atoms with Gasteiger partial charge in [-0.3, -0.25) is 4.79 Å². The number of hydrogen-bond donors (Lipinski definition) is 1. The zero-order valence-electron chi connectivity index (χ0n) is 13.9. The van der Waals surface area contributed by atoms with Gasteiger partial charge in [-0.05, 0) is 67.6 Å². The highest BCUT2D eigenvalue weighted by Crippen LogP contribution is 2.15. The van der Waals surface area contributed by atoms with Gasteiger partial charge in [0.2, 0.25) is 0 Å². The minimum Gasteiger partial charge on any atom is -0.370 e. The van der Waals surface area contributed by atoms with Crippen molar-refractivity contribution >= 4 is 34.2 Å². The molecule has 0 saturated carbocycles. The van der Waals surface area contributed by atoms with Crippen LogP contribution in [0.25, 0.3) is 0 Å². The van der Waals surface area contributed by atoms with Gasteiger partial charge in [-0.2, -0.15) is 0 Å². The van der Waals surface area contributed by atoms with E-state index in [4.69, 9.17) is 0 Å². The molecule has 23 heavy (non-hydrogen) atoms. The van der Waals surface area contributed by atoms with E-state index in [9.17, 15) is 4.79 Å². The molecule has 0 spiro atoms. The van der Waals surface area contributed by atoms with Crippen molar-refractivity contribution in [2.75, 3.05) is 24.5 Å². The first-order valence-electron chi connectivity index (χ1n) is 7.87. The Morgan fingerprint density at radius 3 is 2.35 bits per heavy atom. The standard InChI is InChI=1S/C19H23IN2O/c1-4-22(16-8-5-14(2)6-9-16)12-11-21-19(23)17-10-7-15(3)13-18(17)20/h5-10,13H,4,11-12H2,1-3H3,(H,21,23). The number of halogens is 1. The molecule has 4 heteroatoms. The molecular weight excluding hydrogens is 399 g/mol. The van der Waals surface area contributed by atoms with Crippen molar-refractivity contribution < 1.29 is 4.79 Å². The van der Waals surface area contributed by atoms with Gasteiger partial charge < -0.3 is 10.2 Å². The lowest BCUT2D eigenvalue weighted by atomic mass is 10.1. The average molecular weight is 422 g/mol. The monoisotopic (exact) mass is 422 g/mol. The predicted molar refractivity (Wildman–Crippen MR) is 105 cm³/mol. The Morgan fingerprint density at radius 1 is 1.09 bits per heavy atom. The van der Waals surface area contributed by atoms with Crippen molar-refractivity contribution in [1.29, 1.82) is 0 Å². The second-order valence-corrected chi connectivity index (χ2v) is 6.82. The summed E-state index contributed by atoms with van der Waals surface area (Å²) in [6.07, 6.45) is 0. The number of amides is 1. The normalized spacial score (nSPS) is 10.4. The van der Waals surface area contributed by atoms with E-state index in [1.165, 1.54) is 16.8 Å². The van der Waals surface area contributed by atoms with Crippen molar-refractivity contribution in [2.24, 2.45) is 0 Å². The molecule has 2 rings (SSSR count). The van der Waals surface area contributed by atoms with E-state index in [1.807, 2.05) is 25.1 Å². The summed E-state index contributed by atoms with van der Waals surface area (Å²) in [5.74, 6) is -0.00522. The van der Waals surface area contributed by atoms with Gasteiger partial charge in [-0.25, -0.2) is 0 Å². The number of aryl methyl sites for hydroxylation is 2. The lowest BCUT2D eigenvalue weighted by Crippen LogP contribution is -2.35. The third-order valence-corrected chi connectivity index (χ3v) is 4.71. The highest BCUT2D eigenvalue weighted by molar-refractivity contribution is 14.1. The van der Waals surface area contributed by atoms with E-state index in [2.05, 4.69) is 70.9 Å². The maximum atomic E-state index is 12.3. The molecule has 0 unspecified atom stereocenters. The topological polar surface area (TPSA) is 32.3 Å². The summed E-state index contributed by atoms with van der Waals surface area (Å²) < 4.78 is 0.992. The smallest absolute Gasteiger partial charge is 0.252 e. The van der Waals surface area contributed by atoms with Crippen LogP contribution in [0.3, 0.4) is 0 Å². The summed E-state index contributed by atoms with van der Waals surface area (Å²) in [7, 11) is 0. The number of anilines is 1. The van der Waals surface area contributed by atoms with Crippen LogP contribution in [0.4, 0.5) is 5.69 Å². The van der Waals surface area contributed by atoms with Gasteiger partial charge in [0.15, 0.2) is 0 Å². The Kier molecular flexibility index (Phi) is 6.45. The molecule has 3 nitrogen and oxygen atoms in total. The summed E-state index contributed by atoms with van der Waals surface area (Å²) in [6, 6.07) is 14.4. The third kappa shape index (κ3) is 4.96. The fraction of sp³-hybridized carbons (Fsp3) is 0.316. The molecule has 2 aromatic carbocycles. The molecule has 0 bridgehead atoms. The van der Waals surface area contributed by atoms with Crippen molar-refractivity contribution in [3.05, 3.63) is 62.7 Å². The Hall–Kier alpha value is -1.56. The fourth-order valence-corrected chi connectivity index (χ4v) is 3.35. The molecule has 1 N–H and O–H groups in total. The van der Waals surface area contributed by atoms with Gasteiger partial charge >= 0.3 is 0 Å². The Balaban J connectivity index is 1.92. The molecule has 2 aromatic rings. The summed E-state index contributed by atoms with van der Waals surface area (Å²) in [5.41, 5.74) is 4.36. The zero-order chi connectivity index (χ0) is 16.8. The molecule has 0 heterocycles. The van der Waals surface area contributed by atoms with Crippen LogP contribution in [0.1, 0.15) is 28.4 Å². The average Bonchev–Trinajstić information content (AvgIpc) is 2.52. The van der Waals surface area contributed by atoms with Crippen molar-refractivity contribution in [1.82, 2.24) is 5.32 Å². The van der Waals surface area contributed by atoms with E-state index < -0.39 is 0 Å². The lowest BCUT2D eigenvalue weighted by molar-refractivity contribution is 0.0953. The van der Waals surface area contributed by atoms with Gasteiger partial charge in [0.1, 0.15) is 0 Å². The summed E-state index contributed by atoms with van der Waals surface area (Å²) in [5, 5.41) is 3.02. The molecular formula is C19H23IN2O. The van der Waals surface area contributed by atoms with Crippen molar-refractivity contribution in [3.8, 4) is 0 Å². The maximum Gasteiger partial charge on any atom is 0.252 e. The molecule has 0 saturated heterocycles. The predicted octanol–water partition coefficient (Wildman–Crippen LogP) is 4.16. The SMILES string of the molecule is CCN(CCNC(=O)c1ccc(C)cc1I)c1ccc(C)cc1. The first kappa shape index (κ1) is 17.8. The Bertz CT molecular complexity index is 668. The second-order valence-electron chi connectivity index (χ2n) is 5.65. The number of carbonyl (C=O) groups excluding carboxylic acids is 1. The number of carbonyl (C=O) groups is 1. The van der Waals surface area contributed by atoms with Gasteiger partial charge in [-0.1, -0.05) is 29.3 Å². The number of nitrogens with one attached hydrogen (secondary N) is 1. The van der Waals surface area contributed by atoms with E-state index >= 15 is 0 Å². The number of hydrogen-bond acceptors (Lipinski definition) is 2. The van der Waals surface area contributed by atoms with Crippen LogP contribution >= 0.6 is 22.6 Å².